The molecule has 0 amide bonds. The zero-order chi connectivity index (χ0) is 11.7. The summed E-state index contributed by atoms with van der Waals surface area (Å²) in [6, 6.07) is 6.21. The second-order valence-electron chi connectivity index (χ2n) is 4.05. The van der Waals surface area contributed by atoms with Gasteiger partial charge in [-0.15, -0.1) is 11.6 Å². The van der Waals surface area contributed by atoms with Gasteiger partial charge in [-0.1, -0.05) is 33.2 Å². The molecule has 0 aromatic heterocycles. The van der Waals surface area contributed by atoms with Gasteiger partial charge in [-0.25, -0.2) is 0 Å². The highest BCUT2D eigenvalue weighted by atomic mass is 79.9. The molecule has 0 N–H and O–H groups in total. The van der Waals surface area contributed by atoms with E-state index < -0.39 is 0 Å². The first-order valence-electron chi connectivity index (χ1n) is 5.21. The van der Waals surface area contributed by atoms with E-state index >= 15 is 0 Å². The van der Waals surface area contributed by atoms with E-state index in [1.807, 2.05) is 6.92 Å². The molecule has 1 heterocycles. The van der Waals surface area contributed by atoms with Crippen molar-refractivity contribution in [1.29, 1.82) is 0 Å². The largest absolute Gasteiger partial charge is 0.390 e. The van der Waals surface area contributed by atoms with Crippen LogP contribution in [0.5, 0.6) is 0 Å². The summed E-state index contributed by atoms with van der Waals surface area (Å²) >= 11 is 9.54. The van der Waals surface area contributed by atoms with Crippen LogP contribution in [0.15, 0.2) is 27.8 Å². The van der Waals surface area contributed by atoms with Crippen molar-refractivity contribution in [3.8, 4) is 0 Å². The van der Waals surface area contributed by atoms with Crippen molar-refractivity contribution in [3.05, 3.63) is 33.8 Å². The van der Waals surface area contributed by atoms with Crippen LogP contribution in [0.4, 0.5) is 0 Å². The Labute approximate surface area is 109 Å². The molecule has 2 atom stereocenters. The van der Waals surface area contributed by atoms with Crippen LogP contribution in [0, 0.1) is 6.92 Å². The Morgan fingerprint density at radius 1 is 1.56 bits per heavy atom. The number of rotatable bonds is 2. The summed E-state index contributed by atoms with van der Waals surface area (Å²) in [6.45, 7) is 3.99. The lowest BCUT2D eigenvalue weighted by molar-refractivity contribution is 0.0855. The Hall–Kier alpha value is -0.540. The predicted octanol–water partition coefficient (Wildman–Crippen LogP) is 3.88. The van der Waals surface area contributed by atoms with Crippen LogP contribution in [0.1, 0.15) is 24.5 Å². The maximum absolute atomic E-state index is 5.99. The van der Waals surface area contributed by atoms with Gasteiger partial charge in [0.25, 0.3) is 0 Å². The fourth-order valence-electron chi connectivity index (χ4n) is 1.66. The number of alkyl halides is 1. The highest BCUT2D eigenvalue weighted by Gasteiger charge is 2.26. The molecule has 16 heavy (non-hydrogen) atoms. The molecule has 0 saturated heterocycles. The molecule has 0 spiro atoms. The molecule has 1 aromatic carbocycles. The van der Waals surface area contributed by atoms with E-state index in [2.05, 4.69) is 46.2 Å². The van der Waals surface area contributed by atoms with Gasteiger partial charge in [0.15, 0.2) is 0 Å². The van der Waals surface area contributed by atoms with Crippen LogP contribution >= 0.6 is 27.5 Å². The van der Waals surface area contributed by atoms with E-state index in [1.165, 1.54) is 5.56 Å². The fraction of sp³-hybridized carbons (Fsp3) is 0.417. The summed E-state index contributed by atoms with van der Waals surface area (Å²) in [4.78, 5) is 5.30. The molecule has 2 unspecified atom stereocenters. The van der Waals surface area contributed by atoms with Crippen molar-refractivity contribution in [1.82, 2.24) is 0 Å². The number of hydrogen-bond donors (Lipinski definition) is 0. The summed E-state index contributed by atoms with van der Waals surface area (Å²) in [5.41, 5.74) is 3.27. The summed E-state index contributed by atoms with van der Waals surface area (Å²) in [5, 5.41) is 4.08. The van der Waals surface area contributed by atoms with E-state index in [0.29, 0.717) is 0 Å². The van der Waals surface area contributed by atoms with Gasteiger partial charge >= 0.3 is 0 Å². The first kappa shape index (κ1) is 11.9. The Balaban J connectivity index is 2.21. The Bertz CT molecular complexity index is 431. The molecule has 0 aliphatic carbocycles. The van der Waals surface area contributed by atoms with Crippen LogP contribution in [0.25, 0.3) is 0 Å². The van der Waals surface area contributed by atoms with Crippen molar-refractivity contribution < 1.29 is 4.84 Å². The third-order valence-corrected chi connectivity index (χ3v) is 3.58. The van der Waals surface area contributed by atoms with Crippen molar-refractivity contribution in [2.24, 2.45) is 5.16 Å². The maximum atomic E-state index is 5.99. The van der Waals surface area contributed by atoms with E-state index in [1.54, 1.807) is 0 Å². The summed E-state index contributed by atoms with van der Waals surface area (Å²) in [7, 11) is 0. The van der Waals surface area contributed by atoms with Crippen LogP contribution < -0.4 is 0 Å². The molecule has 0 bridgehead atoms. The molecule has 1 aliphatic rings. The van der Waals surface area contributed by atoms with Gasteiger partial charge in [0.05, 0.1) is 11.1 Å². The zero-order valence-corrected chi connectivity index (χ0v) is 11.5. The van der Waals surface area contributed by atoms with Crippen molar-refractivity contribution in [2.75, 3.05) is 0 Å². The summed E-state index contributed by atoms with van der Waals surface area (Å²) < 4.78 is 1.05. The van der Waals surface area contributed by atoms with E-state index in [9.17, 15) is 0 Å². The quantitative estimate of drug-likeness (QED) is 0.760. The first-order valence-corrected chi connectivity index (χ1v) is 6.44. The van der Waals surface area contributed by atoms with Crippen LogP contribution in [-0.4, -0.2) is 17.2 Å². The Kier molecular flexibility index (Phi) is 3.55. The molecular formula is C12H13BrClNO. The highest BCUT2D eigenvalue weighted by Crippen LogP contribution is 2.26. The third kappa shape index (κ3) is 2.41. The molecule has 2 nitrogen and oxygen atoms in total. The molecule has 86 valence electrons. The number of aryl methyl sites for hydroxylation is 1. The van der Waals surface area contributed by atoms with Crippen molar-refractivity contribution >= 4 is 33.2 Å². The second-order valence-corrected chi connectivity index (χ2v) is 5.59. The van der Waals surface area contributed by atoms with Gasteiger partial charge in [-0.2, -0.15) is 0 Å². The second kappa shape index (κ2) is 4.76. The van der Waals surface area contributed by atoms with Crippen LogP contribution in [-0.2, 0) is 4.84 Å². The standard InChI is InChI=1S/C12H13BrClNO/c1-7-3-4-9(10(13)5-7)11-6-12(8(2)14)16-15-11/h3-5,8,12H,6H2,1-2H3. The third-order valence-electron chi connectivity index (χ3n) is 2.64. The maximum Gasteiger partial charge on any atom is 0.149 e. The average Bonchev–Trinajstić information content (AvgIpc) is 2.66. The van der Waals surface area contributed by atoms with E-state index in [4.69, 9.17) is 16.4 Å². The van der Waals surface area contributed by atoms with Gasteiger partial charge in [0.1, 0.15) is 6.10 Å². The number of hydrogen-bond acceptors (Lipinski definition) is 2. The molecule has 1 aliphatic heterocycles. The lowest BCUT2D eigenvalue weighted by Gasteiger charge is -2.09. The summed E-state index contributed by atoms with van der Waals surface area (Å²) in [5.74, 6) is 0. The lowest BCUT2D eigenvalue weighted by atomic mass is 10.0. The van der Waals surface area contributed by atoms with Crippen LogP contribution in [0.2, 0.25) is 0 Å². The van der Waals surface area contributed by atoms with Gasteiger partial charge in [0.2, 0.25) is 0 Å². The summed E-state index contributed by atoms with van der Waals surface area (Å²) in [6.07, 6.45) is 0.761. The first-order chi connectivity index (χ1) is 7.58. The van der Waals surface area contributed by atoms with Gasteiger partial charge < -0.3 is 4.84 Å². The van der Waals surface area contributed by atoms with Crippen LogP contribution in [0.3, 0.4) is 0 Å². The van der Waals surface area contributed by atoms with Gasteiger partial charge in [0, 0.05) is 16.5 Å². The number of oxime groups is 1. The number of benzene rings is 1. The number of nitrogens with zero attached hydrogens (tertiary/aromatic N) is 1. The minimum Gasteiger partial charge on any atom is -0.390 e. The average molecular weight is 303 g/mol. The molecule has 1 aromatic rings. The monoisotopic (exact) mass is 301 g/mol. The lowest BCUT2D eigenvalue weighted by Crippen LogP contribution is -2.18. The highest BCUT2D eigenvalue weighted by molar-refractivity contribution is 9.10. The molecule has 0 fully saturated rings. The van der Waals surface area contributed by atoms with Crippen molar-refractivity contribution in [3.63, 3.8) is 0 Å². The zero-order valence-electron chi connectivity index (χ0n) is 9.21. The minimum absolute atomic E-state index is 0.00938. The molecule has 2 rings (SSSR count). The predicted molar refractivity (Wildman–Crippen MR) is 70.2 cm³/mol. The van der Waals surface area contributed by atoms with E-state index in [-0.39, 0.29) is 11.5 Å². The number of halogens is 2. The van der Waals surface area contributed by atoms with Crippen molar-refractivity contribution in [2.45, 2.75) is 31.7 Å². The fourth-order valence-corrected chi connectivity index (χ4v) is 2.51. The van der Waals surface area contributed by atoms with Gasteiger partial charge in [-0.3, -0.25) is 0 Å². The smallest absolute Gasteiger partial charge is 0.149 e. The SMILES string of the molecule is Cc1ccc(C2=NOC(C(C)Cl)C2)c(Br)c1. The van der Waals surface area contributed by atoms with Gasteiger partial charge in [-0.05, 0) is 25.5 Å². The molecule has 0 radical (unpaired) electrons. The molecule has 4 heteroatoms. The normalized spacial score (nSPS) is 21.5. The Morgan fingerprint density at radius 3 is 2.88 bits per heavy atom. The van der Waals surface area contributed by atoms with E-state index in [0.717, 1.165) is 22.2 Å². The minimum atomic E-state index is -0.0227. The molecule has 0 saturated carbocycles. The Morgan fingerprint density at radius 2 is 2.31 bits per heavy atom. The topological polar surface area (TPSA) is 21.6 Å². The molecular weight excluding hydrogens is 289 g/mol.